The Morgan fingerprint density at radius 3 is 2.89 bits per heavy atom. The molecule has 2 aromatic rings. The number of ketones is 1. The van der Waals surface area contributed by atoms with Gasteiger partial charge in [0.25, 0.3) is 5.39 Å². The number of benzene rings is 1. The number of hydrogen-bond acceptors (Lipinski definition) is 3. The van der Waals surface area contributed by atoms with Gasteiger partial charge in [-0.15, -0.1) is 0 Å². The molecule has 1 aromatic carbocycles. The molecule has 0 aliphatic rings. The molecular formula is C13H15N4O+. The zero-order valence-corrected chi connectivity index (χ0v) is 10.4. The van der Waals surface area contributed by atoms with Crippen LogP contribution in [0.3, 0.4) is 0 Å². The molecule has 5 heteroatoms. The van der Waals surface area contributed by atoms with Gasteiger partial charge < -0.3 is 4.98 Å². The van der Waals surface area contributed by atoms with Crippen LogP contribution in [0.15, 0.2) is 30.5 Å². The number of nitrogens with zero attached hydrogens (tertiary/aromatic N) is 3. The molecule has 0 radical (unpaired) electrons. The molecule has 1 unspecified atom stereocenters. The van der Waals surface area contributed by atoms with Crippen molar-refractivity contribution >= 4 is 16.7 Å². The van der Waals surface area contributed by atoms with Crippen molar-refractivity contribution in [1.82, 2.24) is 9.99 Å². The van der Waals surface area contributed by atoms with Crippen LogP contribution in [0, 0.1) is 5.39 Å². The van der Waals surface area contributed by atoms with Crippen LogP contribution in [0.4, 0.5) is 0 Å². The summed E-state index contributed by atoms with van der Waals surface area (Å²) in [5, 5.41) is 14.2. The van der Waals surface area contributed by atoms with E-state index >= 15 is 0 Å². The zero-order valence-electron chi connectivity index (χ0n) is 10.4. The van der Waals surface area contributed by atoms with E-state index in [1.54, 1.807) is 7.05 Å². The Morgan fingerprint density at radius 1 is 1.50 bits per heavy atom. The molecule has 18 heavy (non-hydrogen) atoms. The topological polar surface area (TPSA) is 64.2 Å². The number of carbonyl (C=O) groups excluding carboxylic acids is 1. The highest BCUT2D eigenvalue weighted by atomic mass is 16.1. The minimum atomic E-state index is -0.450. The summed E-state index contributed by atoms with van der Waals surface area (Å²) in [7, 11) is 1.58. The standard InChI is InChI=1S/C13H15N4O/c1-9(18)13(17(2)16-14)7-10-8-15-12-6-4-3-5-11(10)12/h3-6,8,13,15H,7H2,1-2H3/q+1. The van der Waals surface area contributed by atoms with E-state index in [1.165, 1.54) is 11.9 Å². The van der Waals surface area contributed by atoms with Gasteiger partial charge in [0, 0.05) is 23.5 Å². The molecule has 1 aromatic heterocycles. The van der Waals surface area contributed by atoms with Crippen molar-refractivity contribution in [3.63, 3.8) is 0 Å². The smallest absolute Gasteiger partial charge is 0.305 e. The van der Waals surface area contributed by atoms with Crippen molar-refractivity contribution in [2.45, 2.75) is 19.4 Å². The van der Waals surface area contributed by atoms with E-state index in [0.717, 1.165) is 16.5 Å². The van der Waals surface area contributed by atoms with Crippen LogP contribution in [0.5, 0.6) is 0 Å². The van der Waals surface area contributed by atoms with E-state index < -0.39 is 6.04 Å². The molecule has 1 heterocycles. The number of fused-ring (bicyclic) bond motifs is 1. The van der Waals surface area contributed by atoms with Gasteiger partial charge in [-0.2, -0.15) is 0 Å². The van der Waals surface area contributed by atoms with E-state index in [0.29, 0.717) is 6.42 Å². The number of likely N-dealkylation sites (N-methyl/N-ethyl adjacent to an activating group) is 1. The quantitative estimate of drug-likeness (QED) is 0.662. The lowest BCUT2D eigenvalue weighted by Crippen LogP contribution is -2.34. The van der Waals surface area contributed by atoms with Gasteiger partial charge in [0.1, 0.15) is 0 Å². The van der Waals surface area contributed by atoms with Crippen LogP contribution in [0.2, 0.25) is 0 Å². The SMILES string of the molecule is CC(=O)C(Cc1c[nH]c2ccccc12)N(C)[N+]#N. The number of para-hydroxylation sites is 1. The van der Waals surface area contributed by atoms with Crippen LogP contribution < -0.4 is 0 Å². The second kappa shape index (κ2) is 4.88. The maximum atomic E-state index is 11.6. The lowest BCUT2D eigenvalue weighted by atomic mass is 10.0. The summed E-state index contributed by atoms with van der Waals surface area (Å²) in [6.45, 7) is 1.50. The summed E-state index contributed by atoms with van der Waals surface area (Å²) in [5.41, 5.74) is 2.08. The Morgan fingerprint density at radius 2 is 2.22 bits per heavy atom. The summed E-state index contributed by atoms with van der Waals surface area (Å²) < 4.78 is 0. The van der Waals surface area contributed by atoms with Gasteiger partial charge in [-0.1, -0.05) is 18.2 Å². The fraction of sp³-hybridized carbons (Fsp3) is 0.308. The second-order valence-electron chi connectivity index (χ2n) is 4.35. The lowest BCUT2D eigenvalue weighted by molar-refractivity contribution is -0.120. The fourth-order valence-electron chi connectivity index (χ4n) is 2.11. The van der Waals surface area contributed by atoms with Crippen molar-refractivity contribution < 1.29 is 4.79 Å². The molecule has 0 saturated heterocycles. The summed E-state index contributed by atoms with van der Waals surface area (Å²) in [6.07, 6.45) is 2.41. The third kappa shape index (κ3) is 2.18. The Hall–Kier alpha value is -2.35. The molecule has 5 nitrogen and oxygen atoms in total. The van der Waals surface area contributed by atoms with Gasteiger partial charge >= 0.3 is 5.08 Å². The Bertz CT molecular complexity index is 611. The lowest BCUT2D eigenvalue weighted by Gasteiger charge is -2.10. The van der Waals surface area contributed by atoms with Crippen molar-refractivity contribution in [3.05, 3.63) is 41.1 Å². The average Bonchev–Trinajstić information content (AvgIpc) is 2.78. The van der Waals surface area contributed by atoms with Crippen LogP contribution in [0.1, 0.15) is 12.5 Å². The summed E-state index contributed by atoms with van der Waals surface area (Å²) in [4.78, 5) is 14.8. The highest BCUT2D eigenvalue weighted by Gasteiger charge is 2.27. The average molecular weight is 243 g/mol. The van der Waals surface area contributed by atoms with E-state index in [9.17, 15) is 4.79 Å². The van der Waals surface area contributed by atoms with Gasteiger partial charge in [0.15, 0.2) is 11.8 Å². The molecule has 0 bridgehead atoms. The minimum Gasteiger partial charge on any atom is -0.361 e. The Kier molecular flexibility index (Phi) is 3.28. The van der Waals surface area contributed by atoms with Crippen molar-refractivity contribution in [2.75, 3.05) is 7.05 Å². The van der Waals surface area contributed by atoms with Gasteiger partial charge in [-0.05, 0) is 23.6 Å². The molecule has 0 aliphatic carbocycles. The number of hydrogen-bond donors (Lipinski definition) is 1. The molecule has 1 N–H and O–H groups in total. The largest absolute Gasteiger partial charge is 0.361 e. The maximum absolute atomic E-state index is 11.6. The van der Waals surface area contributed by atoms with Gasteiger partial charge in [-0.3, -0.25) is 4.79 Å². The number of nitrogens with one attached hydrogen (secondary N) is 1. The number of Topliss-reactive ketones (excluding diaryl/α,β-unsaturated/α-hetero) is 1. The predicted octanol–water partition coefficient (Wildman–Crippen LogP) is 2.37. The molecule has 92 valence electrons. The van der Waals surface area contributed by atoms with Crippen molar-refractivity contribution in [2.24, 2.45) is 0 Å². The molecule has 0 fully saturated rings. The molecule has 0 spiro atoms. The first kappa shape index (κ1) is 12.1. The molecule has 0 amide bonds. The maximum Gasteiger partial charge on any atom is 0.305 e. The monoisotopic (exact) mass is 243 g/mol. The molecule has 0 aliphatic heterocycles. The number of aromatic nitrogens is 1. The number of carbonyl (C=O) groups is 1. The Balaban J connectivity index is 2.32. The highest BCUT2D eigenvalue weighted by Crippen LogP contribution is 2.20. The molecule has 0 saturated carbocycles. The van der Waals surface area contributed by atoms with Crippen LogP contribution in [-0.4, -0.2) is 28.9 Å². The summed E-state index contributed by atoms with van der Waals surface area (Å²) in [5.74, 6) is -0.0272. The Labute approximate surface area is 105 Å². The molecular weight excluding hydrogens is 228 g/mol. The summed E-state index contributed by atoms with van der Waals surface area (Å²) >= 11 is 0. The first-order valence-corrected chi connectivity index (χ1v) is 5.76. The number of rotatable bonds is 4. The normalized spacial score (nSPS) is 12.1. The van der Waals surface area contributed by atoms with Gasteiger partial charge in [0.05, 0.1) is 7.05 Å². The van der Waals surface area contributed by atoms with Crippen molar-refractivity contribution in [1.29, 1.82) is 5.39 Å². The molecule has 1 atom stereocenters. The summed E-state index contributed by atoms with van der Waals surface area (Å²) in [6, 6.07) is 7.47. The van der Waals surface area contributed by atoms with E-state index in [2.05, 4.69) is 10.1 Å². The third-order valence-electron chi connectivity index (χ3n) is 3.15. The second-order valence-corrected chi connectivity index (χ2v) is 4.35. The first-order chi connectivity index (χ1) is 8.63. The predicted molar refractivity (Wildman–Crippen MR) is 69.3 cm³/mol. The van der Waals surface area contributed by atoms with E-state index in [1.807, 2.05) is 30.5 Å². The fourth-order valence-corrected chi connectivity index (χ4v) is 2.11. The van der Waals surface area contributed by atoms with Crippen LogP contribution >= 0.6 is 0 Å². The van der Waals surface area contributed by atoms with Crippen LogP contribution in [-0.2, 0) is 11.2 Å². The molecule has 2 rings (SSSR count). The number of diazo groups is 1. The van der Waals surface area contributed by atoms with E-state index in [4.69, 9.17) is 5.39 Å². The van der Waals surface area contributed by atoms with Gasteiger partial charge in [0.2, 0.25) is 0 Å². The number of H-pyrrole nitrogens is 1. The first-order valence-electron chi connectivity index (χ1n) is 5.76. The minimum absolute atomic E-state index is 0.0272. The third-order valence-corrected chi connectivity index (χ3v) is 3.15. The zero-order chi connectivity index (χ0) is 13.1. The van der Waals surface area contributed by atoms with Crippen molar-refractivity contribution in [3.8, 4) is 0 Å². The van der Waals surface area contributed by atoms with Gasteiger partial charge in [-0.25, -0.2) is 0 Å². The van der Waals surface area contributed by atoms with E-state index in [-0.39, 0.29) is 5.78 Å². The number of aromatic amines is 1. The van der Waals surface area contributed by atoms with Crippen LogP contribution in [0.25, 0.3) is 16.0 Å². The highest BCUT2D eigenvalue weighted by molar-refractivity contribution is 5.86.